The minimum absolute atomic E-state index is 0.0646. The fourth-order valence-corrected chi connectivity index (χ4v) is 4.16. The van der Waals surface area contributed by atoms with Crippen molar-refractivity contribution in [1.82, 2.24) is 4.90 Å². The largest absolute Gasteiger partial charge is 0.416 e. The minimum Gasteiger partial charge on any atom is -0.369 e. The zero-order chi connectivity index (χ0) is 22.2. The maximum absolute atomic E-state index is 13.0. The van der Waals surface area contributed by atoms with Gasteiger partial charge in [0.1, 0.15) is 0 Å². The Morgan fingerprint density at radius 3 is 2.68 bits per heavy atom. The quantitative estimate of drug-likeness (QED) is 0.682. The maximum Gasteiger partial charge on any atom is 0.416 e. The maximum atomic E-state index is 13.0. The average molecular weight is 430 g/mol. The van der Waals surface area contributed by atoms with Gasteiger partial charge in [-0.25, -0.2) is 0 Å². The molecule has 162 valence electrons. The lowest BCUT2D eigenvalue weighted by atomic mass is 10.1. The third kappa shape index (κ3) is 4.20. The Hall–Kier alpha value is -3.13. The van der Waals surface area contributed by atoms with Crippen LogP contribution in [0.4, 0.5) is 18.9 Å². The van der Waals surface area contributed by atoms with Gasteiger partial charge in [0.05, 0.1) is 30.7 Å². The highest BCUT2D eigenvalue weighted by atomic mass is 19.4. The van der Waals surface area contributed by atoms with Crippen LogP contribution in [0.2, 0.25) is 0 Å². The van der Waals surface area contributed by atoms with Crippen LogP contribution in [-0.2, 0) is 33.5 Å². The van der Waals surface area contributed by atoms with Crippen LogP contribution >= 0.6 is 0 Å². The van der Waals surface area contributed by atoms with Crippen molar-refractivity contribution in [3.8, 4) is 0 Å². The zero-order valence-electron chi connectivity index (χ0n) is 16.6. The van der Waals surface area contributed by atoms with Crippen molar-refractivity contribution in [2.75, 3.05) is 18.0 Å². The van der Waals surface area contributed by atoms with E-state index >= 15 is 0 Å². The number of nitrogens with zero attached hydrogens (tertiary/aromatic N) is 2. The molecular formula is C23H21F3N2O3. The van der Waals surface area contributed by atoms with Crippen LogP contribution in [0, 0.1) is 0 Å². The molecule has 0 saturated carbocycles. The first-order valence-corrected chi connectivity index (χ1v) is 9.87. The molecule has 2 aliphatic rings. The molecule has 0 aliphatic carbocycles. The fraction of sp³-hybridized carbons (Fsp3) is 0.304. The van der Waals surface area contributed by atoms with Gasteiger partial charge >= 0.3 is 6.18 Å². The smallest absolute Gasteiger partial charge is 0.369 e. The van der Waals surface area contributed by atoms with E-state index < -0.39 is 23.9 Å². The molecule has 2 atom stereocenters. The topological polar surface area (TPSA) is 49.9 Å². The van der Waals surface area contributed by atoms with Crippen molar-refractivity contribution < 1.29 is 27.5 Å². The summed E-state index contributed by atoms with van der Waals surface area (Å²) in [6, 6.07) is 11.9. The number of halogens is 3. The van der Waals surface area contributed by atoms with Gasteiger partial charge in [-0.1, -0.05) is 36.9 Å². The number of rotatable bonds is 5. The fourth-order valence-electron chi connectivity index (χ4n) is 4.16. The Kier molecular flexibility index (Phi) is 5.58. The number of likely N-dealkylation sites (tertiary alicyclic amines) is 1. The number of para-hydroxylation sites is 1. The van der Waals surface area contributed by atoms with E-state index in [4.69, 9.17) is 4.74 Å². The standard InChI is InChI=1S/C23H21F3N2O3/c1-2-21(29)27-12-19(28-18-9-4-3-7-16(18)11-22(28)30)20(13-27)31-14-15-6-5-8-17(10-15)23(24,25)26/h2-10,19-20H,1,11-14H2/t19-,20-/m1/s1. The number of hydrogen-bond donors (Lipinski definition) is 0. The monoisotopic (exact) mass is 430 g/mol. The highest BCUT2D eigenvalue weighted by Crippen LogP contribution is 2.34. The summed E-state index contributed by atoms with van der Waals surface area (Å²) < 4.78 is 45.0. The molecule has 2 heterocycles. The molecule has 2 amide bonds. The summed E-state index contributed by atoms with van der Waals surface area (Å²) >= 11 is 0. The van der Waals surface area contributed by atoms with E-state index in [1.165, 1.54) is 12.1 Å². The van der Waals surface area contributed by atoms with Crippen molar-refractivity contribution >= 4 is 17.5 Å². The van der Waals surface area contributed by atoms with Gasteiger partial charge in [-0.3, -0.25) is 9.59 Å². The van der Waals surface area contributed by atoms with Gasteiger partial charge in [-0.15, -0.1) is 0 Å². The number of fused-ring (bicyclic) bond motifs is 1. The summed E-state index contributed by atoms with van der Waals surface area (Å²) in [4.78, 5) is 28.2. The van der Waals surface area contributed by atoms with Crippen molar-refractivity contribution in [2.45, 2.75) is 31.3 Å². The zero-order valence-corrected chi connectivity index (χ0v) is 16.6. The number of carbonyl (C=O) groups is 2. The van der Waals surface area contributed by atoms with Gasteiger partial charge < -0.3 is 14.5 Å². The normalized spacial score (nSPS) is 20.8. The van der Waals surface area contributed by atoms with E-state index in [1.807, 2.05) is 24.3 Å². The van der Waals surface area contributed by atoms with Crippen molar-refractivity contribution in [1.29, 1.82) is 0 Å². The molecule has 1 saturated heterocycles. The van der Waals surface area contributed by atoms with Gasteiger partial charge in [0.25, 0.3) is 0 Å². The number of alkyl halides is 3. The van der Waals surface area contributed by atoms with Gasteiger partial charge in [0.2, 0.25) is 11.8 Å². The lowest BCUT2D eigenvalue weighted by molar-refractivity contribution is -0.137. The van der Waals surface area contributed by atoms with E-state index in [2.05, 4.69) is 6.58 Å². The second-order valence-electron chi connectivity index (χ2n) is 7.63. The Balaban J connectivity index is 1.57. The van der Waals surface area contributed by atoms with Crippen LogP contribution in [0.3, 0.4) is 0 Å². The lowest BCUT2D eigenvalue weighted by Crippen LogP contribution is -2.46. The summed E-state index contributed by atoms with van der Waals surface area (Å²) in [5.74, 6) is -0.373. The molecular weight excluding hydrogens is 409 g/mol. The van der Waals surface area contributed by atoms with Crippen LogP contribution in [0.25, 0.3) is 0 Å². The Morgan fingerprint density at radius 1 is 1.16 bits per heavy atom. The molecule has 0 spiro atoms. The highest BCUT2D eigenvalue weighted by molar-refractivity contribution is 6.02. The molecule has 0 radical (unpaired) electrons. The van der Waals surface area contributed by atoms with Crippen LogP contribution in [0.5, 0.6) is 0 Å². The van der Waals surface area contributed by atoms with Gasteiger partial charge in [-0.05, 0) is 35.4 Å². The molecule has 0 N–H and O–H groups in total. The average Bonchev–Trinajstić information content (AvgIpc) is 3.31. The van der Waals surface area contributed by atoms with E-state index in [-0.39, 0.29) is 37.9 Å². The molecule has 31 heavy (non-hydrogen) atoms. The van der Waals surface area contributed by atoms with Crippen LogP contribution in [-0.4, -0.2) is 41.9 Å². The summed E-state index contributed by atoms with van der Waals surface area (Å²) in [7, 11) is 0. The molecule has 0 aromatic heterocycles. The van der Waals surface area contributed by atoms with Crippen LogP contribution < -0.4 is 4.90 Å². The molecule has 4 rings (SSSR count). The summed E-state index contributed by atoms with van der Waals surface area (Å²) in [6.07, 6.45) is -3.52. The predicted molar refractivity (Wildman–Crippen MR) is 108 cm³/mol. The minimum atomic E-state index is -4.44. The van der Waals surface area contributed by atoms with Gasteiger partial charge in [0, 0.05) is 18.8 Å². The van der Waals surface area contributed by atoms with Gasteiger partial charge in [0.15, 0.2) is 0 Å². The second-order valence-corrected chi connectivity index (χ2v) is 7.63. The van der Waals surface area contributed by atoms with E-state index in [0.29, 0.717) is 5.56 Å². The molecule has 5 nitrogen and oxygen atoms in total. The van der Waals surface area contributed by atoms with Crippen molar-refractivity contribution in [3.05, 3.63) is 77.9 Å². The number of benzene rings is 2. The third-order valence-corrected chi connectivity index (χ3v) is 5.63. The number of amides is 2. The number of hydrogen-bond acceptors (Lipinski definition) is 3. The molecule has 2 aromatic rings. The Morgan fingerprint density at radius 2 is 1.94 bits per heavy atom. The van der Waals surface area contributed by atoms with Crippen LogP contribution in [0.15, 0.2) is 61.2 Å². The first-order valence-electron chi connectivity index (χ1n) is 9.87. The van der Waals surface area contributed by atoms with E-state index in [1.54, 1.807) is 15.9 Å². The SMILES string of the molecule is C=CC(=O)N1C[C@@H](N2C(=O)Cc3ccccc32)[C@H](OCc2cccc(C(F)(F)F)c2)C1. The summed E-state index contributed by atoms with van der Waals surface area (Å²) in [5.41, 5.74) is 1.30. The van der Waals surface area contributed by atoms with Crippen molar-refractivity contribution in [3.63, 3.8) is 0 Å². The second kappa shape index (κ2) is 8.19. The number of anilines is 1. The molecule has 0 bridgehead atoms. The van der Waals surface area contributed by atoms with Crippen LogP contribution in [0.1, 0.15) is 16.7 Å². The van der Waals surface area contributed by atoms with Crippen molar-refractivity contribution in [2.24, 2.45) is 0 Å². The predicted octanol–water partition coefficient (Wildman–Crippen LogP) is 3.58. The molecule has 2 aromatic carbocycles. The molecule has 1 fully saturated rings. The first kappa shape index (κ1) is 21.1. The lowest BCUT2D eigenvalue weighted by Gasteiger charge is -2.29. The van der Waals surface area contributed by atoms with Gasteiger partial charge in [-0.2, -0.15) is 13.2 Å². The Labute approximate surface area is 177 Å². The highest BCUT2D eigenvalue weighted by Gasteiger charge is 2.44. The molecule has 8 heteroatoms. The summed E-state index contributed by atoms with van der Waals surface area (Å²) in [6.45, 7) is 3.93. The Bertz CT molecular complexity index is 1020. The third-order valence-electron chi connectivity index (χ3n) is 5.63. The first-order chi connectivity index (χ1) is 14.8. The van der Waals surface area contributed by atoms with E-state index in [9.17, 15) is 22.8 Å². The number of ether oxygens (including phenoxy) is 1. The molecule has 2 aliphatic heterocycles. The number of carbonyl (C=O) groups excluding carboxylic acids is 2. The molecule has 0 unspecified atom stereocenters. The van der Waals surface area contributed by atoms with E-state index in [0.717, 1.165) is 23.4 Å². The summed E-state index contributed by atoms with van der Waals surface area (Å²) in [5, 5.41) is 0.